The molecular formula is C21H27N3O7S. The van der Waals surface area contributed by atoms with Crippen molar-refractivity contribution in [1.29, 1.82) is 0 Å². The van der Waals surface area contributed by atoms with Crippen molar-refractivity contribution in [2.45, 2.75) is 30.4 Å². The summed E-state index contributed by atoms with van der Waals surface area (Å²) in [6.07, 6.45) is 0.606. The first-order valence-corrected chi connectivity index (χ1v) is 11.7. The molecule has 1 atom stereocenters. The highest BCUT2D eigenvalue weighted by Crippen LogP contribution is 2.32. The van der Waals surface area contributed by atoms with Crippen molar-refractivity contribution in [2.75, 3.05) is 33.4 Å². The van der Waals surface area contributed by atoms with E-state index in [0.717, 1.165) is 30.2 Å². The maximum atomic E-state index is 12.7. The van der Waals surface area contributed by atoms with Crippen LogP contribution in [0.3, 0.4) is 0 Å². The number of sulfonamides is 1. The molecule has 0 aliphatic carbocycles. The van der Waals surface area contributed by atoms with Gasteiger partial charge in [0.15, 0.2) is 5.75 Å². The third-order valence-corrected chi connectivity index (χ3v) is 7.04. The number of methoxy groups -OCH3 is 1. The molecule has 11 heteroatoms. The van der Waals surface area contributed by atoms with Crippen LogP contribution in [0.5, 0.6) is 11.5 Å². The molecule has 0 aromatic heterocycles. The van der Waals surface area contributed by atoms with Crippen LogP contribution in [0.2, 0.25) is 0 Å². The number of nitrogens with one attached hydrogen (secondary N) is 1. The third kappa shape index (κ3) is 5.74. The highest BCUT2D eigenvalue weighted by Gasteiger charge is 2.30. The molecule has 0 spiro atoms. The Morgan fingerprint density at radius 2 is 1.91 bits per heavy atom. The molecule has 32 heavy (non-hydrogen) atoms. The van der Waals surface area contributed by atoms with Gasteiger partial charge in [-0.2, -0.15) is 4.31 Å². The minimum atomic E-state index is -3.78. The molecule has 1 heterocycles. The van der Waals surface area contributed by atoms with E-state index in [1.54, 1.807) is 7.11 Å². The second kappa shape index (κ2) is 10.7. The molecule has 1 saturated heterocycles. The Hall–Kier alpha value is -2.73. The summed E-state index contributed by atoms with van der Waals surface area (Å²) >= 11 is 0. The molecule has 0 unspecified atom stereocenters. The summed E-state index contributed by atoms with van der Waals surface area (Å²) in [6, 6.07) is 11.0. The first-order valence-electron chi connectivity index (χ1n) is 10.2. The Morgan fingerprint density at radius 3 is 2.59 bits per heavy atom. The van der Waals surface area contributed by atoms with Gasteiger partial charge in [-0.25, -0.2) is 8.42 Å². The highest BCUT2D eigenvalue weighted by molar-refractivity contribution is 7.89. The second-order valence-electron chi connectivity index (χ2n) is 7.41. The van der Waals surface area contributed by atoms with Gasteiger partial charge >= 0.3 is 5.69 Å². The smallest absolute Gasteiger partial charge is 0.312 e. The van der Waals surface area contributed by atoms with Crippen molar-refractivity contribution >= 4 is 15.7 Å². The SMILES string of the molecule is COc1ccccc1CNC[C@H](O)COc1ccc(S(=O)(=O)N2CCCC2)cc1[N+](=O)[O-]. The van der Waals surface area contributed by atoms with Gasteiger partial charge in [0.25, 0.3) is 0 Å². The van der Waals surface area contributed by atoms with E-state index in [4.69, 9.17) is 9.47 Å². The van der Waals surface area contributed by atoms with Crippen LogP contribution in [0.1, 0.15) is 18.4 Å². The number of benzene rings is 2. The van der Waals surface area contributed by atoms with E-state index in [-0.39, 0.29) is 23.8 Å². The molecule has 1 fully saturated rings. The first kappa shape index (κ1) is 23.9. The summed E-state index contributed by atoms with van der Waals surface area (Å²) in [6.45, 7) is 1.26. The van der Waals surface area contributed by atoms with Gasteiger partial charge in [-0.1, -0.05) is 18.2 Å². The molecule has 2 aromatic rings. The Kier molecular flexibility index (Phi) is 8.02. The summed E-state index contributed by atoms with van der Waals surface area (Å²) in [4.78, 5) is 10.7. The van der Waals surface area contributed by atoms with Gasteiger partial charge < -0.3 is 19.9 Å². The maximum Gasteiger partial charge on any atom is 0.312 e. The summed E-state index contributed by atoms with van der Waals surface area (Å²) < 4.78 is 37.4. The largest absolute Gasteiger partial charge is 0.496 e. The topological polar surface area (TPSA) is 131 Å². The molecule has 1 aliphatic heterocycles. The predicted octanol–water partition coefficient (Wildman–Crippen LogP) is 1.92. The number of aliphatic hydroxyl groups is 1. The number of hydrogen-bond donors (Lipinski definition) is 2. The lowest BCUT2D eigenvalue weighted by Crippen LogP contribution is -2.31. The van der Waals surface area contributed by atoms with E-state index in [2.05, 4.69) is 5.32 Å². The van der Waals surface area contributed by atoms with Crippen molar-refractivity contribution in [3.63, 3.8) is 0 Å². The molecule has 0 radical (unpaired) electrons. The quantitative estimate of drug-likeness (QED) is 0.380. The fraction of sp³-hybridized carbons (Fsp3) is 0.429. The summed E-state index contributed by atoms with van der Waals surface area (Å²) in [7, 11) is -2.20. The van der Waals surface area contributed by atoms with Crippen LogP contribution in [-0.4, -0.2) is 62.2 Å². The molecule has 2 aromatic carbocycles. The predicted molar refractivity (Wildman–Crippen MR) is 117 cm³/mol. The molecule has 0 amide bonds. The number of hydrogen-bond acceptors (Lipinski definition) is 8. The van der Waals surface area contributed by atoms with Crippen LogP contribution >= 0.6 is 0 Å². The number of para-hydroxylation sites is 1. The van der Waals surface area contributed by atoms with Crippen LogP contribution in [0, 0.1) is 10.1 Å². The molecule has 3 rings (SSSR count). The Morgan fingerprint density at radius 1 is 1.19 bits per heavy atom. The lowest BCUT2D eigenvalue weighted by atomic mass is 10.2. The minimum absolute atomic E-state index is 0.0980. The summed E-state index contributed by atoms with van der Waals surface area (Å²) in [5, 5.41) is 24.7. The number of nitrogens with zero attached hydrogens (tertiary/aromatic N) is 2. The number of nitro benzene ring substituents is 1. The molecule has 174 valence electrons. The Labute approximate surface area is 187 Å². The number of aliphatic hydroxyl groups excluding tert-OH is 1. The lowest BCUT2D eigenvalue weighted by Gasteiger charge is -2.17. The standard InChI is InChI=1S/C21H27N3O7S/c1-30-20-7-3-2-6-16(20)13-22-14-17(25)15-31-21-9-8-18(12-19(21)24(26)27)32(28,29)23-10-4-5-11-23/h2-3,6-9,12,17,22,25H,4-5,10-11,13-15H2,1H3/t17-/m0/s1. The number of nitro groups is 1. The van der Waals surface area contributed by atoms with Gasteiger partial charge in [0.2, 0.25) is 10.0 Å². The molecule has 2 N–H and O–H groups in total. The van der Waals surface area contributed by atoms with Crippen molar-refractivity contribution < 1.29 is 27.9 Å². The van der Waals surface area contributed by atoms with Crippen molar-refractivity contribution in [3.8, 4) is 11.5 Å². The monoisotopic (exact) mass is 465 g/mol. The van der Waals surface area contributed by atoms with E-state index < -0.39 is 26.7 Å². The average Bonchev–Trinajstić information content (AvgIpc) is 3.34. The zero-order valence-electron chi connectivity index (χ0n) is 17.8. The van der Waals surface area contributed by atoms with E-state index >= 15 is 0 Å². The number of ether oxygens (including phenoxy) is 2. The van der Waals surface area contributed by atoms with E-state index in [1.807, 2.05) is 24.3 Å². The number of rotatable bonds is 11. The third-order valence-electron chi connectivity index (χ3n) is 5.15. The zero-order chi connectivity index (χ0) is 23.1. The van der Waals surface area contributed by atoms with Crippen molar-refractivity contribution in [3.05, 3.63) is 58.1 Å². The Bertz CT molecular complexity index is 1040. The van der Waals surface area contributed by atoms with Gasteiger partial charge in [0.1, 0.15) is 18.5 Å². The van der Waals surface area contributed by atoms with Gasteiger partial charge in [0, 0.05) is 37.8 Å². The molecular weight excluding hydrogens is 438 g/mol. The van der Waals surface area contributed by atoms with Crippen molar-refractivity contribution in [2.24, 2.45) is 0 Å². The van der Waals surface area contributed by atoms with Crippen molar-refractivity contribution in [1.82, 2.24) is 9.62 Å². The van der Waals surface area contributed by atoms with Gasteiger partial charge in [-0.15, -0.1) is 0 Å². The zero-order valence-corrected chi connectivity index (χ0v) is 18.6. The molecule has 0 saturated carbocycles. The second-order valence-corrected chi connectivity index (χ2v) is 9.34. The Balaban J connectivity index is 1.59. The van der Waals surface area contributed by atoms with E-state index in [0.29, 0.717) is 19.6 Å². The molecule has 10 nitrogen and oxygen atoms in total. The fourth-order valence-corrected chi connectivity index (χ4v) is 5.00. The minimum Gasteiger partial charge on any atom is -0.496 e. The summed E-state index contributed by atoms with van der Waals surface area (Å²) in [5.41, 5.74) is 0.466. The molecule has 0 bridgehead atoms. The van der Waals surface area contributed by atoms with Gasteiger partial charge in [-0.05, 0) is 31.0 Å². The lowest BCUT2D eigenvalue weighted by molar-refractivity contribution is -0.386. The van der Waals surface area contributed by atoms with Crippen LogP contribution in [0.4, 0.5) is 5.69 Å². The normalized spacial score (nSPS) is 15.4. The van der Waals surface area contributed by atoms with E-state index in [9.17, 15) is 23.6 Å². The van der Waals surface area contributed by atoms with Crippen LogP contribution < -0.4 is 14.8 Å². The summed E-state index contributed by atoms with van der Waals surface area (Å²) in [5.74, 6) is 0.629. The highest BCUT2D eigenvalue weighted by atomic mass is 32.2. The molecule has 1 aliphatic rings. The van der Waals surface area contributed by atoms with Gasteiger partial charge in [-0.3, -0.25) is 10.1 Å². The van der Waals surface area contributed by atoms with E-state index in [1.165, 1.54) is 16.4 Å². The van der Waals surface area contributed by atoms with Crippen LogP contribution in [0.25, 0.3) is 0 Å². The van der Waals surface area contributed by atoms with Gasteiger partial charge in [0.05, 0.1) is 16.9 Å². The average molecular weight is 466 g/mol. The van der Waals surface area contributed by atoms with Crippen LogP contribution in [0.15, 0.2) is 47.4 Å². The van der Waals surface area contributed by atoms with Crippen LogP contribution in [-0.2, 0) is 16.6 Å². The fourth-order valence-electron chi connectivity index (χ4n) is 3.47. The maximum absolute atomic E-state index is 12.7. The first-order chi connectivity index (χ1) is 15.3.